The second-order valence-corrected chi connectivity index (χ2v) is 4.18. The molecular weight excluding hydrogens is 267 g/mol. The van der Waals surface area contributed by atoms with Crippen LogP contribution in [-0.4, -0.2) is 21.0 Å². The minimum atomic E-state index is -0.756. The normalized spacial score (nSPS) is 10.3. The van der Waals surface area contributed by atoms with Crippen LogP contribution in [0.1, 0.15) is 21.7 Å². The lowest BCUT2D eigenvalue weighted by molar-refractivity contribution is -0.384. The van der Waals surface area contributed by atoms with Crippen molar-refractivity contribution in [2.45, 2.75) is 13.8 Å². The number of carbonyl (C=O) groups is 1. The van der Waals surface area contributed by atoms with Crippen molar-refractivity contribution in [1.82, 2.24) is 10.2 Å². The second-order valence-electron chi connectivity index (χ2n) is 4.18. The number of nitrogens with zero attached hydrogens (tertiary/aromatic N) is 2. The zero-order chi connectivity index (χ0) is 14.9. The maximum atomic E-state index is 13.0. The molecule has 2 N–H and O–H groups in total. The lowest BCUT2D eigenvalue weighted by Gasteiger charge is -2.06. The fraction of sp³-hybridized carbons (Fsp3) is 0.167. The lowest BCUT2D eigenvalue weighted by atomic mass is 10.1. The van der Waals surface area contributed by atoms with E-state index in [1.807, 2.05) is 0 Å². The number of hydrogen-bond donors (Lipinski definition) is 2. The second kappa shape index (κ2) is 5.08. The van der Waals surface area contributed by atoms with Gasteiger partial charge in [0.05, 0.1) is 22.2 Å². The van der Waals surface area contributed by atoms with Gasteiger partial charge in [0.2, 0.25) is 0 Å². The molecule has 0 aliphatic rings. The number of halogens is 1. The molecule has 0 saturated carbocycles. The summed E-state index contributed by atoms with van der Waals surface area (Å²) >= 11 is 0. The number of anilines is 1. The highest BCUT2D eigenvalue weighted by Crippen LogP contribution is 2.26. The number of aryl methyl sites for hydroxylation is 2. The fourth-order valence-electron chi connectivity index (χ4n) is 1.83. The number of benzene rings is 1. The van der Waals surface area contributed by atoms with Gasteiger partial charge in [-0.25, -0.2) is 4.39 Å². The molecule has 0 fully saturated rings. The van der Waals surface area contributed by atoms with Crippen molar-refractivity contribution in [2.24, 2.45) is 0 Å². The summed E-state index contributed by atoms with van der Waals surface area (Å²) in [5.41, 5.74) is 0.761. The molecule has 8 heteroatoms. The first kappa shape index (κ1) is 13.7. The Morgan fingerprint density at radius 3 is 2.70 bits per heavy atom. The van der Waals surface area contributed by atoms with E-state index >= 15 is 0 Å². The van der Waals surface area contributed by atoms with Crippen molar-refractivity contribution in [3.05, 3.63) is 51.1 Å². The van der Waals surface area contributed by atoms with Crippen molar-refractivity contribution >= 4 is 17.3 Å². The van der Waals surface area contributed by atoms with Crippen molar-refractivity contribution in [1.29, 1.82) is 0 Å². The van der Waals surface area contributed by atoms with E-state index in [-0.39, 0.29) is 5.69 Å². The minimum absolute atomic E-state index is 0.0681. The Labute approximate surface area is 113 Å². The average Bonchev–Trinajstić information content (AvgIpc) is 2.71. The predicted octanol–water partition coefficient (Wildman–Crippen LogP) is 2.33. The van der Waals surface area contributed by atoms with Crippen molar-refractivity contribution in [2.75, 3.05) is 5.32 Å². The molecule has 0 bridgehead atoms. The molecule has 0 aliphatic carbocycles. The standard InChI is InChI=1S/C12H11FN4O3/c1-6-11(7(2)16-15-6)12(18)14-9-4-3-8(13)5-10(9)17(19)20/h3-5H,1-2H3,(H,14,18)(H,15,16). The van der Waals surface area contributed by atoms with Gasteiger partial charge in [0.15, 0.2) is 0 Å². The van der Waals surface area contributed by atoms with Gasteiger partial charge in [-0.05, 0) is 26.0 Å². The molecule has 104 valence electrons. The zero-order valence-corrected chi connectivity index (χ0v) is 10.7. The number of nitro groups is 1. The highest BCUT2D eigenvalue weighted by atomic mass is 19.1. The Bertz CT molecular complexity index is 677. The topological polar surface area (TPSA) is 101 Å². The number of H-pyrrole nitrogens is 1. The third kappa shape index (κ3) is 2.48. The van der Waals surface area contributed by atoms with E-state index in [1.54, 1.807) is 13.8 Å². The number of nitrogens with one attached hydrogen (secondary N) is 2. The van der Waals surface area contributed by atoms with E-state index in [0.29, 0.717) is 17.0 Å². The predicted molar refractivity (Wildman–Crippen MR) is 69.1 cm³/mol. The van der Waals surface area contributed by atoms with Crippen molar-refractivity contribution in [3.63, 3.8) is 0 Å². The molecule has 0 spiro atoms. The summed E-state index contributed by atoms with van der Waals surface area (Å²) in [7, 11) is 0. The van der Waals surface area contributed by atoms with Gasteiger partial charge in [0.25, 0.3) is 11.6 Å². The van der Waals surface area contributed by atoms with Crippen LogP contribution < -0.4 is 5.32 Å². The van der Waals surface area contributed by atoms with Crippen LogP contribution in [0.15, 0.2) is 18.2 Å². The van der Waals surface area contributed by atoms with Gasteiger partial charge in [0.1, 0.15) is 11.5 Å². The minimum Gasteiger partial charge on any atom is -0.316 e. The lowest BCUT2D eigenvalue weighted by Crippen LogP contribution is -2.14. The van der Waals surface area contributed by atoms with Crippen molar-refractivity contribution in [3.8, 4) is 0 Å². The first-order valence-corrected chi connectivity index (χ1v) is 5.67. The van der Waals surface area contributed by atoms with E-state index in [0.717, 1.165) is 18.2 Å². The van der Waals surface area contributed by atoms with E-state index in [4.69, 9.17) is 0 Å². The summed E-state index contributed by atoms with van der Waals surface area (Å²) in [6, 6.07) is 2.94. The molecule has 1 aromatic carbocycles. The number of hydrogen-bond acceptors (Lipinski definition) is 4. The molecule has 2 aromatic rings. The highest BCUT2D eigenvalue weighted by Gasteiger charge is 2.20. The maximum Gasteiger partial charge on any atom is 0.295 e. The molecule has 0 atom stereocenters. The first-order chi connectivity index (χ1) is 9.40. The number of aromatic nitrogens is 2. The van der Waals surface area contributed by atoms with Gasteiger partial charge in [-0.2, -0.15) is 5.10 Å². The Morgan fingerprint density at radius 2 is 2.15 bits per heavy atom. The number of rotatable bonds is 3. The van der Waals surface area contributed by atoms with Crippen LogP contribution in [-0.2, 0) is 0 Å². The third-order valence-electron chi connectivity index (χ3n) is 2.76. The van der Waals surface area contributed by atoms with E-state index < -0.39 is 22.3 Å². The first-order valence-electron chi connectivity index (χ1n) is 5.67. The van der Waals surface area contributed by atoms with Crippen LogP contribution in [0.5, 0.6) is 0 Å². The van der Waals surface area contributed by atoms with Crippen LogP contribution in [0.25, 0.3) is 0 Å². The van der Waals surface area contributed by atoms with Crippen LogP contribution in [0.3, 0.4) is 0 Å². The Hall–Kier alpha value is -2.77. The molecule has 0 aliphatic heterocycles. The molecule has 2 rings (SSSR count). The summed E-state index contributed by atoms with van der Waals surface area (Å²) in [6.07, 6.45) is 0. The largest absolute Gasteiger partial charge is 0.316 e. The Balaban J connectivity index is 2.36. The van der Waals surface area contributed by atoms with Crippen LogP contribution in [0, 0.1) is 29.8 Å². The third-order valence-corrected chi connectivity index (χ3v) is 2.76. The van der Waals surface area contributed by atoms with Gasteiger partial charge < -0.3 is 5.32 Å². The van der Waals surface area contributed by atoms with Crippen LogP contribution >= 0.6 is 0 Å². The summed E-state index contributed by atoms with van der Waals surface area (Å²) in [5.74, 6) is -1.28. The van der Waals surface area contributed by atoms with Crippen molar-refractivity contribution < 1.29 is 14.1 Å². The van der Waals surface area contributed by atoms with E-state index in [9.17, 15) is 19.3 Å². The molecule has 20 heavy (non-hydrogen) atoms. The van der Waals surface area contributed by atoms with Gasteiger partial charge >= 0.3 is 0 Å². The van der Waals surface area contributed by atoms with E-state index in [1.165, 1.54) is 0 Å². The fourth-order valence-corrected chi connectivity index (χ4v) is 1.83. The Morgan fingerprint density at radius 1 is 1.45 bits per heavy atom. The molecule has 0 saturated heterocycles. The number of amides is 1. The number of aromatic amines is 1. The molecule has 1 aromatic heterocycles. The van der Waals surface area contributed by atoms with Gasteiger partial charge in [-0.15, -0.1) is 0 Å². The van der Waals surface area contributed by atoms with Crippen LogP contribution in [0.2, 0.25) is 0 Å². The molecule has 1 amide bonds. The van der Waals surface area contributed by atoms with Gasteiger partial charge in [-0.3, -0.25) is 20.0 Å². The zero-order valence-electron chi connectivity index (χ0n) is 10.7. The summed E-state index contributed by atoms with van der Waals surface area (Å²) < 4.78 is 13.0. The SMILES string of the molecule is Cc1n[nH]c(C)c1C(=O)Nc1ccc(F)cc1[N+](=O)[O-]. The summed E-state index contributed by atoms with van der Waals surface area (Å²) in [5, 5.41) is 19.8. The molecule has 0 radical (unpaired) electrons. The number of carbonyl (C=O) groups excluding carboxylic acids is 1. The Kier molecular flexibility index (Phi) is 3.47. The van der Waals surface area contributed by atoms with Gasteiger partial charge in [-0.1, -0.05) is 0 Å². The molecule has 0 unspecified atom stereocenters. The molecule has 1 heterocycles. The smallest absolute Gasteiger partial charge is 0.295 e. The number of nitro benzene ring substituents is 1. The monoisotopic (exact) mass is 278 g/mol. The molecular formula is C12H11FN4O3. The summed E-state index contributed by atoms with van der Waals surface area (Å²) in [6.45, 7) is 3.30. The quantitative estimate of drug-likeness (QED) is 0.664. The summed E-state index contributed by atoms with van der Waals surface area (Å²) in [4.78, 5) is 22.2. The maximum absolute atomic E-state index is 13.0. The highest BCUT2D eigenvalue weighted by molar-refractivity contribution is 6.06. The molecule has 7 nitrogen and oxygen atoms in total. The van der Waals surface area contributed by atoms with Crippen LogP contribution in [0.4, 0.5) is 15.8 Å². The van der Waals surface area contributed by atoms with E-state index in [2.05, 4.69) is 15.5 Å². The average molecular weight is 278 g/mol. The van der Waals surface area contributed by atoms with Gasteiger partial charge in [0, 0.05) is 5.69 Å².